The summed E-state index contributed by atoms with van der Waals surface area (Å²) < 4.78 is 0. The average molecular weight is 244 g/mol. The molecule has 2 N–H and O–H groups in total. The maximum Gasteiger partial charge on any atom is 0.254 e. The van der Waals surface area contributed by atoms with Gasteiger partial charge in [0.25, 0.3) is 5.91 Å². The predicted molar refractivity (Wildman–Crippen MR) is 62.1 cm³/mol. The van der Waals surface area contributed by atoms with Crippen LogP contribution in [0.4, 0.5) is 0 Å². The Morgan fingerprint density at radius 1 is 1.31 bits per heavy atom. The second kappa shape index (κ2) is 5.61. The smallest absolute Gasteiger partial charge is 0.254 e. The van der Waals surface area contributed by atoms with Crippen molar-refractivity contribution in [2.24, 2.45) is 0 Å². The molecule has 0 atom stereocenters. The first-order valence-electron chi connectivity index (χ1n) is 4.96. The van der Waals surface area contributed by atoms with Gasteiger partial charge in [0.05, 0.1) is 0 Å². The molecule has 0 unspecified atom stereocenters. The Morgan fingerprint density at radius 2 is 1.88 bits per heavy atom. The fourth-order valence-corrected chi connectivity index (χ4v) is 1.61. The SMILES string of the molecule is CCN(CCCl)C(=O)c1cc(O)cc(O)c1. The highest BCUT2D eigenvalue weighted by molar-refractivity contribution is 6.18. The Kier molecular flexibility index (Phi) is 4.43. The molecule has 1 amide bonds. The predicted octanol–water partition coefficient (Wildman–Crippen LogP) is 1.80. The molecule has 5 heteroatoms. The van der Waals surface area contributed by atoms with Gasteiger partial charge in [-0.05, 0) is 19.1 Å². The number of nitrogens with zero attached hydrogens (tertiary/aromatic N) is 1. The van der Waals surface area contributed by atoms with Crippen molar-refractivity contribution in [3.63, 3.8) is 0 Å². The maximum atomic E-state index is 11.9. The number of halogens is 1. The monoisotopic (exact) mass is 243 g/mol. The summed E-state index contributed by atoms with van der Waals surface area (Å²) in [5.41, 5.74) is 0.254. The first-order chi connectivity index (χ1) is 7.58. The summed E-state index contributed by atoms with van der Waals surface area (Å²) in [4.78, 5) is 13.5. The summed E-state index contributed by atoms with van der Waals surface area (Å²) in [6.07, 6.45) is 0. The lowest BCUT2D eigenvalue weighted by Crippen LogP contribution is -2.32. The van der Waals surface area contributed by atoms with Crippen LogP contribution in [-0.4, -0.2) is 40.0 Å². The largest absolute Gasteiger partial charge is 0.508 e. The van der Waals surface area contributed by atoms with Crippen molar-refractivity contribution >= 4 is 17.5 Å². The van der Waals surface area contributed by atoms with Crippen molar-refractivity contribution in [3.8, 4) is 11.5 Å². The lowest BCUT2D eigenvalue weighted by Gasteiger charge is -2.19. The molecule has 0 heterocycles. The van der Waals surface area contributed by atoms with Crippen LogP contribution in [0.25, 0.3) is 0 Å². The van der Waals surface area contributed by atoms with Gasteiger partial charge in [-0.15, -0.1) is 11.6 Å². The van der Waals surface area contributed by atoms with E-state index in [2.05, 4.69) is 0 Å². The van der Waals surface area contributed by atoms with Gasteiger partial charge in [-0.1, -0.05) is 0 Å². The van der Waals surface area contributed by atoms with E-state index in [1.54, 1.807) is 4.90 Å². The van der Waals surface area contributed by atoms with Crippen molar-refractivity contribution < 1.29 is 15.0 Å². The molecule has 0 aromatic heterocycles. The van der Waals surface area contributed by atoms with E-state index >= 15 is 0 Å². The molecule has 0 saturated heterocycles. The average Bonchev–Trinajstić information content (AvgIpc) is 2.23. The molecule has 1 aromatic carbocycles. The lowest BCUT2D eigenvalue weighted by molar-refractivity contribution is 0.0773. The Bertz CT molecular complexity index is 361. The van der Waals surface area contributed by atoms with Crippen LogP contribution in [0.1, 0.15) is 17.3 Å². The van der Waals surface area contributed by atoms with Crippen LogP contribution in [0.2, 0.25) is 0 Å². The molecule has 0 aliphatic rings. The summed E-state index contributed by atoms with van der Waals surface area (Å²) in [6, 6.07) is 3.81. The Labute approximate surface area is 99.1 Å². The van der Waals surface area contributed by atoms with Crippen LogP contribution in [0, 0.1) is 0 Å². The molecule has 0 fully saturated rings. The molecule has 0 spiro atoms. The van der Waals surface area contributed by atoms with Crippen molar-refractivity contribution in [3.05, 3.63) is 23.8 Å². The Morgan fingerprint density at radius 3 is 2.31 bits per heavy atom. The van der Waals surface area contributed by atoms with Crippen LogP contribution in [-0.2, 0) is 0 Å². The van der Waals surface area contributed by atoms with Crippen LogP contribution < -0.4 is 0 Å². The van der Waals surface area contributed by atoms with Crippen LogP contribution in [0.3, 0.4) is 0 Å². The number of benzene rings is 1. The van der Waals surface area contributed by atoms with Gasteiger partial charge in [-0.25, -0.2) is 0 Å². The van der Waals surface area contributed by atoms with Gasteiger partial charge in [-0.2, -0.15) is 0 Å². The third kappa shape index (κ3) is 3.03. The molecular weight excluding hydrogens is 230 g/mol. The second-order valence-electron chi connectivity index (χ2n) is 3.31. The summed E-state index contributed by atoms with van der Waals surface area (Å²) >= 11 is 5.58. The molecule has 4 nitrogen and oxygen atoms in total. The van der Waals surface area contributed by atoms with E-state index in [9.17, 15) is 15.0 Å². The second-order valence-corrected chi connectivity index (χ2v) is 3.69. The molecule has 16 heavy (non-hydrogen) atoms. The number of carbonyl (C=O) groups excluding carboxylic acids is 1. The molecule has 0 saturated carbocycles. The van der Waals surface area contributed by atoms with E-state index in [4.69, 9.17) is 11.6 Å². The highest BCUT2D eigenvalue weighted by Crippen LogP contribution is 2.21. The van der Waals surface area contributed by atoms with Gasteiger partial charge in [-0.3, -0.25) is 4.79 Å². The van der Waals surface area contributed by atoms with Crippen molar-refractivity contribution in [2.75, 3.05) is 19.0 Å². The number of hydrogen-bond donors (Lipinski definition) is 2. The first-order valence-corrected chi connectivity index (χ1v) is 5.50. The Hall–Kier alpha value is -1.42. The van der Waals surface area contributed by atoms with Crippen molar-refractivity contribution in [1.82, 2.24) is 4.90 Å². The quantitative estimate of drug-likeness (QED) is 0.793. The van der Waals surface area contributed by atoms with E-state index in [1.807, 2.05) is 6.92 Å². The minimum absolute atomic E-state index is 0.134. The van der Waals surface area contributed by atoms with Gasteiger partial charge in [0.15, 0.2) is 0 Å². The van der Waals surface area contributed by atoms with Gasteiger partial charge in [0.2, 0.25) is 0 Å². The van der Waals surface area contributed by atoms with E-state index in [0.29, 0.717) is 19.0 Å². The zero-order valence-electron chi connectivity index (χ0n) is 8.98. The summed E-state index contributed by atoms with van der Waals surface area (Å²) in [7, 11) is 0. The zero-order valence-corrected chi connectivity index (χ0v) is 9.74. The number of alkyl halides is 1. The fourth-order valence-electron chi connectivity index (χ4n) is 1.41. The Balaban J connectivity index is 2.94. The molecule has 0 aliphatic carbocycles. The van der Waals surface area contributed by atoms with Crippen LogP contribution in [0.15, 0.2) is 18.2 Å². The molecule has 0 radical (unpaired) electrons. The van der Waals surface area contributed by atoms with E-state index in [0.717, 1.165) is 0 Å². The van der Waals surface area contributed by atoms with E-state index in [1.165, 1.54) is 18.2 Å². The number of rotatable bonds is 4. The third-order valence-corrected chi connectivity index (χ3v) is 2.34. The molecule has 88 valence electrons. The lowest BCUT2D eigenvalue weighted by atomic mass is 10.1. The first kappa shape index (κ1) is 12.6. The standard InChI is InChI=1S/C11H14ClNO3/c1-2-13(4-3-12)11(16)8-5-9(14)7-10(15)6-8/h5-7,14-15H,2-4H2,1H3. The minimum atomic E-state index is -0.255. The third-order valence-electron chi connectivity index (χ3n) is 2.17. The number of phenolic OH excluding ortho intramolecular Hbond substituents is 2. The van der Waals surface area contributed by atoms with Gasteiger partial charge in [0, 0.05) is 30.6 Å². The normalized spacial score (nSPS) is 10.1. The van der Waals surface area contributed by atoms with Crippen LogP contribution >= 0.6 is 11.6 Å². The van der Waals surface area contributed by atoms with Gasteiger partial charge >= 0.3 is 0 Å². The topological polar surface area (TPSA) is 60.8 Å². The highest BCUT2D eigenvalue weighted by Gasteiger charge is 2.14. The summed E-state index contributed by atoms with van der Waals surface area (Å²) in [6.45, 7) is 2.81. The van der Waals surface area contributed by atoms with Crippen molar-refractivity contribution in [2.45, 2.75) is 6.92 Å². The molecule has 0 aliphatic heterocycles. The van der Waals surface area contributed by atoms with E-state index < -0.39 is 0 Å². The van der Waals surface area contributed by atoms with Gasteiger partial charge in [0.1, 0.15) is 11.5 Å². The fraction of sp³-hybridized carbons (Fsp3) is 0.364. The molecule has 0 bridgehead atoms. The molecular formula is C11H14ClNO3. The molecule has 1 rings (SSSR count). The highest BCUT2D eigenvalue weighted by atomic mass is 35.5. The number of hydrogen-bond acceptors (Lipinski definition) is 3. The number of phenols is 2. The summed E-state index contributed by atoms with van der Waals surface area (Å²) in [5.74, 6) is -0.172. The number of aromatic hydroxyl groups is 2. The maximum absolute atomic E-state index is 11.9. The van der Waals surface area contributed by atoms with Gasteiger partial charge < -0.3 is 15.1 Å². The van der Waals surface area contributed by atoms with Crippen LogP contribution in [0.5, 0.6) is 11.5 Å². The zero-order chi connectivity index (χ0) is 12.1. The summed E-state index contributed by atoms with van der Waals surface area (Å²) in [5, 5.41) is 18.5. The minimum Gasteiger partial charge on any atom is -0.508 e. The molecule has 1 aromatic rings. The van der Waals surface area contributed by atoms with E-state index in [-0.39, 0.29) is 23.0 Å². The number of amides is 1. The number of carbonyl (C=O) groups is 1. The van der Waals surface area contributed by atoms with Crippen molar-refractivity contribution in [1.29, 1.82) is 0 Å².